The van der Waals surface area contributed by atoms with E-state index in [4.69, 9.17) is 9.47 Å². The van der Waals surface area contributed by atoms with Gasteiger partial charge in [0.2, 0.25) is 0 Å². The van der Waals surface area contributed by atoms with Gasteiger partial charge in [0.05, 0.1) is 0 Å². The maximum Gasteiger partial charge on any atom is 0.408 e. The van der Waals surface area contributed by atoms with E-state index in [2.05, 4.69) is 27.1 Å². The van der Waals surface area contributed by atoms with Crippen LogP contribution in [0, 0.1) is 11.8 Å². The van der Waals surface area contributed by atoms with Crippen LogP contribution in [0.2, 0.25) is 0 Å². The SMILES string of the molecule is CC(C)(C)OC(=O)NC(CC#Cc1ncc[nH]1)C(=O)OCc1ccccc1. The molecule has 1 heterocycles. The fourth-order valence-corrected chi connectivity index (χ4v) is 2.04. The highest BCUT2D eigenvalue weighted by molar-refractivity contribution is 5.81. The summed E-state index contributed by atoms with van der Waals surface area (Å²) < 4.78 is 10.5. The number of alkyl carbamates (subject to hydrolysis) is 1. The van der Waals surface area contributed by atoms with E-state index in [1.807, 2.05) is 30.3 Å². The Morgan fingerprint density at radius 1 is 1.26 bits per heavy atom. The number of aromatic nitrogens is 2. The van der Waals surface area contributed by atoms with Crippen LogP contribution in [-0.4, -0.2) is 33.7 Å². The molecule has 0 spiro atoms. The quantitative estimate of drug-likeness (QED) is 0.624. The summed E-state index contributed by atoms with van der Waals surface area (Å²) >= 11 is 0. The second kappa shape index (κ2) is 9.43. The van der Waals surface area contributed by atoms with Crippen molar-refractivity contribution in [3.8, 4) is 11.8 Å². The van der Waals surface area contributed by atoms with Gasteiger partial charge in [0, 0.05) is 18.8 Å². The molecule has 1 unspecified atom stereocenters. The lowest BCUT2D eigenvalue weighted by atomic mass is 10.2. The molecule has 0 aliphatic rings. The fourth-order valence-electron chi connectivity index (χ4n) is 2.04. The number of hydrogen-bond acceptors (Lipinski definition) is 5. The second-order valence-corrected chi connectivity index (χ2v) is 6.74. The lowest BCUT2D eigenvalue weighted by Crippen LogP contribution is -2.44. The van der Waals surface area contributed by atoms with Gasteiger partial charge in [-0.3, -0.25) is 0 Å². The Bertz CT molecular complexity index is 799. The van der Waals surface area contributed by atoms with Crippen LogP contribution in [-0.2, 0) is 20.9 Å². The molecule has 142 valence electrons. The molecule has 1 aromatic heterocycles. The maximum absolute atomic E-state index is 12.4. The van der Waals surface area contributed by atoms with Crippen molar-refractivity contribution in [3.05, 3.63) is 54.1 Å². The highest BCUT2D eigenvalue weighted by Crippen LogP contribution is 2.08. The number of benzene rings is 1. The largest absolute Gasteiger partial charge is 0.459 e. The predicted molar refractivity (Wildman–Crippen MR) is 99.5 cm³/mol. The Balaban J connectivity index is 2.00. The fraction of sp³-hybridized carbons (Fsp3) is 0.350. The van der Waals surface area contributed by atoms with E-state index < -0.39 is 23.7 Å². The Morgan fingerprint density at radius 2 is 2.00 bits per heavy atom. The number of ether oxygens (including phenoxy) is 2. The molecule has 1 atom stereocenters. The maximum atomic E-state index is 12.4. The van der Waals surface area contributed by atoms with E-state index in [0.717, 1.165) is 5.56 Å². The molecule has 7 heteroatoms. The summed E-state index contributed by atoms with van der Waals surface area (Å²) in [5.74, 6) is 5.50. The molecular formula is C20H23N3O4. The Hall–Kier alpha value is -3.27. The molecule has 0 saturated carbocycles. The topological polar surface area (TPSA) is 93.3 Å². The lowest BCUT2D eigenvalue weighted by Gasteiger charge is -2.22. The number of nitrogens with one attached hydrogen (secondary N) is 2. The van der Waals surface area contributed by atoms with E-state index in [9.17, 15) is 9.59 Å². The number of carbonyl (C=O) groups is 2. The standard InChI is InChI=1S/C20H23N3O4/c1-20(2,3)27-19(25)23-16(10-7-11-17-21-12-13-22-17)18(24)26-14-15-8-5-4-6-9-15/h4-6,8-9,12-13,16H,10,14H2,1-3H3,(H,21,22)(H,23,25). The number of aromatic amines is 1. The van der Waals surface area contributed by atoms with Crippen molar-refractivity contribution in [2.75, 3.05) is 0 Å². The number of imidazole rings is 1. The zero-order chi connectivity index (χ0) is 19.7. The molecule has 2 aromatic rings. The number of carbonyl (C=O) groups excluding carboxylic acids is 2. The molecular weight excluding hydrogens is 346 g/mol. The zero-order valence-electron chi connectivity index (χ0n) is 15.6. The van der Waals surface area contributed by atoms with Gasteiger partial charge in [-0.2, -0.15) is 0 Å². The minimum atomic E-state index is -0.953. The lowest BCUT2D eigenvalue weighted by molar-refractivity contribution is -0.147. The predicted octanol–water partition coefficient (Wildman–Crippen LogP) is 2.79. The van der Waals surface area contributed by atoms with Crippen molar-refractivity contribution in [1.29, 1.82) is 0 Å². The van der Waals surface area contributed by atoms with Gasteiger partial charge in [-0.25, -0.2) is 14.6 Å². The van der Waals surface area contributed by atoms with Crippen LogP contribution < -0.4 is 5.32 Å². The number of esters is 1. The van der Waals surface area contributed by atoms with Gasteiger partial charge in [-0.05, 0) is 32.3 Å². The van der Waals surface area contributed by atoms with E-state index in [1.54, 1.807) is 33.2 Å². The minimum Gasteiger partial charge on any atom is -0.459 e. The van der Waals surface area contributed by atoms with Crippen LogP contribution in [0.4, 0.5) is 4.79 Å². The zero-order valence-corrected chi connectivity index (χ0v) is 15.6. The van der Waals surface area contributed by atoms with Gasteiger partial charge in [-0.15, -0.1) is 0 Å². The van der Waals surface area contributed by atoms with Gasteiger partial charge in [0.15, 0.2) is 5.82 Å². The van der Waals surface area contributed by atoms with Gasteiger partial charge < -0.3 is 19.8 Å². The van der Waals surface area contributed by atoms with Gasteiger partial charge >= 0.3 is 12.1 Å². The molecule has 0 saturated heterocycles. The van der Waals surface area contributed by atoms with Crippen molar-refractivity contribution in [3.63, 3.8) is 0 Å². The summed E-state index contributed by atoms with van der Waals surface area (Å²) in [6.45, 7) is 5.34. The number of rotatable bonds is 5. The number of hydrogen-bond donors (Lipinski definition) is 2. The van der Waals surface area contributed by atoms with E-state index in [1.165, 1.54) is 0 Å². The van der Waals surface area contributed by atoms with E-state index >= 15 is 0 Å². The van der Waals surface area contributed by atoms with Crippen molar-refractivity contribution >= 4 is 12.1 Å². The van der Waals surface area contributed by atoms with Crippen molar-refractivity contribution < 1.29 is 19.1 Å². The Morgan fingerprint density at radius 3 is 2.63 bits per heavy atom. The first kappa shape index (κ1) is 20.0. The monoisotopic (exact) mass is 369 g/mol. The highest BCUT2D eigenvalue weighted by atomic mass is 16.6. The first-order valence-corrected chi connectivity index (χ1v) is 8.52. The molecule has 7 nitrogen and oxygen atoms in total. The second-order valence-electron chi connectivity index (χ2n) is 6.74. The molecule has 27 heavy (non-hydrogen) atoms. The van der Waals surface area contributed by atoms with Crippen LogP contribution in [0.5, 0.6) is 0 Å². The molecule has 2 N–H and O–H groups in total. The summed E-state index contributed by atoms with van der Waals surface area (Å²) in [5, 5.41) is 2.52. The molecule has 2 rings (SSSR count). The third-order valence-corrected chi connectivity index (χ3v) is 3.21. The summed E-state index contributed by atoms with van der Waals surface area (Å²) in [6, 6.07) is 8.33. The van der Waals surface area contributed by atoms with Gasteiger partial charge in [-0.1, -0.05) is 36.3 Å². The Kier molecular flexibility index (Phi) is 7.00. The Labute approximate surface area is 158 Å². The first-order chi connectivity index (χ1) is 12.8. The van der Waals surface area contributed by atoms with Gasteiger partial charge in [0.1, 0.15) is 18.2 Å². The van der Waals surface area contributed by atoms with Crippen LogP contribution in [0.1, 0.15) is 38.6 Å². The summed E-state index contributed by atoms with van der Waals surface area (Å²) in [5.41, 5.74) is 0.172. The molecule has 0 aliphatic carbocycles. The molecule has 0 fully saturated rings. The van der Waals surface area contributed by atoms with Crippen molar-refractivity contribution in [1.82, 2.24) is 15.3 Å². The summed E-state index contributed by atoms with van der Waals surface area (Å²) in [6.07, 6.45) is 2.58. The molecule has 0 aliphatic heterocycles. The van der Waals surface area contributed by atoms with E-state index in [-0.39, 0.29) is 13.0 Å². The summed E-state index contributed by atoms with van der Waals surface area (Å²) in [4.78, 5) is 31.3. The van der Waals surface area contributed by atoms with Crippen LogP contribution in [0.25, 0.3) is 0 Å². The molecule has 1 aromatic carbocycles. The summed E-state index contributed by atoms with van der Waals surface area (Å²) in [7, 11) is 0. The van der Waals surface area contributed by atoms with Crippen molar-refractivity contribution in [2.45, 2.75) is 45.4 Å². The molecule has 1 amide bonds. The van der Waals surface area contributed by atoms with Crippen LogP contribution in [0.3, 0.4) is 0 Å². The first-order valence-electron chi connectivity index (χ1n) is 8.52. The average molecular weight is 369 g/mol. The molecule has 0 radical (unpaired) electrons. The molecule has 0 bridgehead atoms. The minimum absolute atomic E-state index is 0.0631. The smallest absolute Gasteiger partial charge is 0.408 e. The van der Waals surface area contributed by atoms with E-state index in [0.29, 0.717) is 5.82 Å². The number of amides is 1. The van der Waals surface area contributed by atoms with Crippen LogP contribution in [0.15, 0.2) is 42.7 Å². The third-order valence-electron chi connectivity index (χ3n) is 3.21. The number of nitrogens with zero attached hydrogens (tertiary/aromatic N) is 1. The van der Waals surface area contributed by atoms with Crippen molar-refractivity contribution in [2.24, 2.45) is 0 Å². The van der Waals surface area contributed by atoms with Crippen LogP contribution >= 0.6 is 0 Å². The normalized spacial score (nSPS) is 11.7. The third kappa shape index (κ3) is 7.65. The van der Waals surface area contributed by atoms with Gasteiger partial charge in [0.25, 0.3) is 0 Å². The highest BCUT2D eigenvalue weighted by Gasteiger charge is 2.25. The average Bonchev–Trinajstić information content (AvgIpc) is 3.11. The number of H-pyrrole nitrogens is 1.